The topological polar surface area (TPSA) is 75.1 Å². The van der Waals surface area contributed by atoms with E-state index in [1.54, 1.807) is 18.2 Å². The number of benzene rings is 2. The van der Waals surface area contributed by atoms with E-state index in [9.17, 15) is 9.90 Å². The molecule has 0 spiro atoms. The van der Waals surface area contributed by atoms with Crippen LogP contribution in [-0.4, -0.2) is 21.0 Å². The third-order valence-corrected chi connectivity index (χ3v) is 4.82. The molecule has 0 saturated carbocycles. The lowest BCUT2D eigenvalue weighted by atomic mass is 9.92. The fourth-order valence-corrected chi connectivity index (χ4v) is 3.52. The van der Waals surface area contributed by atoms with E-state index in [1.807, 2.05) is 42.6 Å². The molecule has 2 N–H and O–H groups in total. The summed E-state index contributed by atoms with van der Waals surface area (Å²) < 4.78 is 0. The van der Waals surface area contributed by atoms with Crippen molar-refractivity contribution in [3.8, 4) is 17.1 Å². The molecule has 1 aliphatic rings. The van der Waals surface area contributed by atoms with Crippen molar-refractivity contribution in [2.45, 2.75) is 31.7 Å². The lowest BCUT2D eigenvalue weighted by Gasteiger charge is -2.25. The Morgan fingerprint density at radius 2 is 2.00 bits per heavy atom. The fraction of sp³-hybridized carbons (Fsp3) is 0.227. The number of carbonyl (C=O) groups excluding carboxylic acids is 1. The van der Waals surface area contributed by atoms with Crippen LogP contribution in [0.5, 0.6) is 5.75 Å². The van der Waals surface area contributed by atoms with Crippen molar-refractivity contribution in [1.29, 1.82) is 0 Å². The number of fused-ring (bicyclic) bond motifs is 1. The molecular formula is C22H21N3O2. The fourth-order valence-electron chi connectivity index (χ4n) is 3.52. The second-order valence-electron chi connectivity index (χ2n) is 6.82. The number of amides is 1. The molecule has 2 aromatic carbocycles. The number of nitrogens with one attached hydrogen (secondary N) is 1. The Hall–Kier alpha value is -3.21. The number of nitrogens with zero attached hydrogens (tertiary/aromatic N) is 2. The van der Waals surface area contributed by atoms with E-state index >= 15 is 0 Å². The molecule has 136 valence electrons. The second kappa shape index (κ2) is 7.58. The van der Waals surface area contributed by atoms with Crippen LogP contribution < -0.4 is 5.32 Å². The predicted molar refractivity (Wildman–Crippen MR) is 103 cm³/mol. The third-order valence-electron chi connectivity index (χ3n) is 4.82. The molecule has 5 nitrogen and oxygen atoms in total. The SMILES string of the molecule is O=C(Cc1cccc(O)c1)NC1CCCc2nc(-c3ccccc3)ncc21. The zero-order chi connectivity index (χ0) is 18.6. The smallest absolute Gasteiger partial charge is 0.224 e. The largest absolute Gasteiger partial charge is 0.508 e. The molecule has 5 heteroatoms. The van der Waals surface area contributed by atoms with Crippen LogP contribution in [0.25, 0.3) is 11.4 Å². The van der Waals surface area contributed by atoms with E-state index in [4.69, 9.17) is 4.98 Å². The highest BCUT2D eigenvalue weighted by atomic mass is 16.3. The molecular weight excluding hydrogens is 338 g/mol. The first-order valence-electron chi connectivity index (χ1n) is 9.17. The summed E-state index contributed by atoms with van der Waals surface area (Å²) >= 11 is 0. The highest BCUT2D eigenvalue weighted by Gasteiger charge is 2.24. The average Bonchev–Trinajstić information content (AvgIpc) is 2.68. The summed E-state index contributed by atoms with van der Waals surface area (Å²) in [6.45, 7) is 0. The van der Waals surface area contributed by atoms with Crippen LogP contribution >= 0.6 is 0 Å². The highest BCUT2D eigenvalue weighted by Crippen LogP contribution is 2.29. The Bertz CT molecular complexity index is 957. The number of hydrogen-bond donors (Lipinski definition) is 2. The second-order valence-corrected chi connectivity index (χ2v) is 6.82. The van der Waals surface area contributed by atoms with Gasteiger partial charge in [0.2, 0.25) is 5.91 Å². The Morgan fingerprint density at radius 1 is 1.15 bits per heavy atom. The van der Waals surface area contributed by atoms with E-state index in [2.05, 4.69) is 10.3 Å². The van der Waals surface area contributed by atoms with Gasteiger partial charge in [0.25, 0.3) is 0 Å². The van der Waals surface area contributed by atoms with Crippen LogP contribution in [0.3, 0.4) is 0 Å². The molecule has 27 heavy (non-hydrogen) atoms. The number of carbonyl (C=O) groups is 1. The third kappa shape index (κ3) is 3.97. The van der Waals surface area contributed by atoms with E-state index in [0.29, 0.717) is 0 Å². The van der Waals surface area contributed by atoms with Gasteiger partial charge in [-0.2, -0.15) is 0 Å². The summed E-state index contributed by atoms with van der Waals surface area (Å²) in [4.78, 5) is 21.7. The molecule has 1 heterocycles. The molecule has 4 rings (SSSR count). The van der Waals surface area contributed by atoms with Gasteiger partial charge in [-0.3, -0.25) is 4.79 Å². The summed E-state index contributed by atoms with van der Waals surface area (Å²) in [5.74, 6) is 0.830. The van der Waals surface area contributed by atoms with Gasteiger partial charge >= 0.3 is 0 Å². The predicted octanol–water partition coefficient (Wildman–Crippen LogP) is 3.59. The molecule has 0 radical (unpaired) electrons. The summed E-state index contributed by atoms with van der Waals surface area (Å²) in [6.07, 6.45) is 4.85. The van der Waals surface area contributed by atoms with Gasteiger partial charge < -0.3 is 10.4 Å². The van der Waals surface area contributed by atoms with Crippen molar-refractivity contribution in [1.82, 2.24) is 15.3 Å². The number of aromatic nitrogens is 2. The Kier molecular flexibility index (Phi) is 4.83. The quantitative estimate of drug-likeness (QED) is 0.746. The maximum Gasteiger partial charge on any atom is 0.224 e. The van der Waals surface area contributed by atoms with E-state index < -0.39 is 0 Å². The first kappa shape index (κ1) is 17.2. The number of phenols is 1. The minimum absolute atomic E-state index is 0.0643. The van der Waals surface area contributed by atoms with Crippen LogP contribution in [0, 0.1) is 0 Å². The van der Waals surface area contributed by atoms with Crippen molar-refractivity contribution in [3.05, 3.63) is 77.6 Å². The number of aryl methyl sites for hydroxylation is 1. The van der Waals surface area contributed by atoms with Gasteiger partial charge in [-0.05, 0) is 37.0 Å². The van der Waals surface area contributed by atoms with Crippen LogP contribution in [0.2, 0.25) is 0 Å². The first-order chi connectivity index (χ1) is 13.2. The van der Waals surface area contributed by atoms with Gasteiger partial charge in [0.15, 0.2) is 5.82 Å². The van der Waals surface area contributed by atoms with Crippen molar-refractivity contribution < 1.29 is 9.90 Å². The van der Waals surface area contributed by atoms with Gasteiger partial charge in [0, 0.05) is 23.0 Å². The normalized spacial score (nSPS) is 15.8. The van der Waals surface area contributed by atoms with Gasteiger partial charge in [0.05, 0.1) is 12.5 Å². The molecule has 1 amide bonds. The van der Waals surface area contributed by atoms with Crippen molar-refractivity contribution in [2.24, 2.45) is 0 Å². The van der Waals surface area contributed by atoms with Crippen LogP contribution in [0.1, 0.15) is 35.7 Å². The highest BCUT2D eigenvalue weighted by molar-refractivity contribution is 5.79. The van der Waals surface area contributed by atoms with Crippen LogP contribution in [0.4, 0.5) is 0 Å². The van der Waals surface area contributed by atoms with Gasteiger partial charge in [0.1, 0.15) is 5.75 Å². The van der Waals surface area contributed by atoms with Crippen molar-refractivity contribution in [3.63, 3.8) is 0 Å². The van der Waals surface area contributed by atoms with Gasteiger partial charge in [-0.1, -0.05) is 42.5 Å². The molecule has 0 fully saturated rings. The maximum absolute atomic E-state index is 12.5. The molecule has 0 bridgehead atoms. The average molecular weight is 359 g/mol. The van der Waals surface area contributed by atoms with E-state index in [1.165, 1.54) is 0 Å². The summed E-state index contributed by atoms with van der Waals surface area (Å²) in [5.41, 5.74) is 3.80. The molecule has 1 unspecified atom stereocenters. The Morgan fingerprint density at radius 3 is 2.81 bits per heavy atom. The molecule has 1 aliphatic carbocycles. The lowest BCUT2D eigenvalue weighted by molar-refractivity contribution is -0.121. The lowest BCUT2D eigenvalue weighted by Crippen LogP contribution is -2.32. The molecule has 1 aromatic heterocycles. The van der Waals surface area contributed by atoms with E-state index in [0.717, 1.165) is 47.5 Å². The van der Waals surface area contributed by atoms with Crippen molar-refractivity contribution in [2.75, 3.05) is 0 Å². The summed E-state index contributed by atoms with van der Waals surface area (Å²) in [6, 6.07) is 16.6. The standard InChI is InChI=1S/C22H21N3O2/c26-17-9-4-6-15(12-17)13-21(27)24-19-10-5-11-20-18(19)14-23-22(25-20)16-7-2-1-3-8-16/h1-4,6-9,12,14,19,26H,5,10-11,13H2,(H,24,27). The number of phenolic OH excluding ortho intramolecular Hbond substituents is 1. The zero-order valence-electron chi connectivity index (χ0n) is 14.9. The molecule has 1 atom stereocenters. The minimum atomic E-state index is -0.0663. The number of rotatable bonds is 4. The van der Waals surface area contributed by atoms with Gasteiger partial charge in [-0.25, -0.2) is 9.97 Å². The molecule has 0 saturated heterocycles. The summed E-state index contributed by atoms with van der Waals surface area (Å²) in [7, 11) is 0. The van der Waals surface area contributed by atoms with Gasteiger partial charge in [-0.15, -0.1) is 0 Å². The molecule has 0 aliphatic heterocycles. The number of aromatic hydroxyl groups is 1. The van der Waals surface area contributed by atoms with Crippen LogP contribution in [0.15, 0.2) is 60.8 Å². The minimum Gasteiger partial charge on any atom is -0.508 e. The van der Waals surface area contributed by atoms with Crippen LogP contribution in [-0.2, 0) is 17.6 Å². The Balaban J connectivity index is 1.50. The monoisotopic (exact) mass is 359 g/mol. The molecule has 3 aromatic rings. The van der Waals surface area contributed by atoms with E-state index in [-0.39, 0.29) is 24.1 Å². The Labute approximate surface area is 158 Å². The number of hydrogen-bond acceptors (Lipinski definition) is 4. The first-order valence-corrected chi connectivity index (χ1v) is 9.17. The summed E-state index contributed by atoms with van der Waals surface area (Å²) in [5, 5.41) is 12.7. The maximum atomic E-state index is 12.5. The zero-order valence-corrected chi connectivity index (χ0v) is 14.9. The van der Waals surface area contributed by atoms with Crippen molar-refractivity contribution >= 4 is 5.91 Å².